The molecule has 1 aliphatic heterocycles. The number of carbonyl (C=O) groups excluding carboxylic acids is 1. The number of likely N-dealkylation sites (tertiary alicyclic amines) is 1. The second kappa shape index (κ2) is 12.9. The van der Waals surface area contributed by atoms with Gasteiger partial charge in [0.1, 0.15) is 11.6 Å². The van der Waals surface area contributed by atoms with Gasteiger partial charge in [-0.3, -0.25) is 4.90 Å². The van der Waals surface area contributed by atoms with Crippen molar-refractivity contribution >= 4 is 11.7 Å². The molecule has 0 spiro atoms. The van der Waals surface area contributed by atoms with E-state index >= 15 is 0 Å². The summed E-state index contributed by atoms with van der Waals surface area (Å²) in [6.07, 6.45) is 3.39. The number of nitrogens with one attached hydrogen (secondary N) is 1. The molecule has 4 rings (SSSR count). The minimum atomic E-state index is -0.212. The van der Waals surface area contributed by atoms with Gasteiger partial charge < -0.3 is 15.3 Å². The van der Waals surface area contributed by atoms with E-state index in [0.717, 1.165) is 73.3 Å². The molecule has 0 aliphatic carbocycles. The summed E-state index contributed by atoms with van der Waals surface area (Å²) in [5.41, 5.74) is 5.82. The highest BCUT2D eigenvalue weighted by molar-refractivity contribution is 5.90. The fraction of sp³-hybridized carbons (Fsp3) is 0.472. The maximum Gasteiger partial charge on any atom is 0.321 e. The zero-order valence-electron chi connectivity index (χ0n) is 26.4. The van der Waals surface area contributed by atoms with E-state index in [1.807, 2.05) is 42.3 Å². The van der Waals surface area contributed by atoms with E-state index in [0.29, 0.717) is 5.75 Å². The molecule has 1 saturated heterocycles. The maximum absolute atomic E-state index is 13.3. The van der Waals surface area contributed by atoms with Crippen LogP contribution in [0.2, 0.25) is 0 Å². The topological polar surface area (TPSA) is 55.8 Å². The Bertz CT molecular complexity index is 1330. The molecule has 3 aromatic carbocycles. The Hall–Kier alpha value is -3.38. The lowest BCUT2D eigenvalue weighted by atomic mass is 9.78. The van der Waals surface area contributed by atoms with Crippen LogP contribution in [0.5, 0.6) is 5.75 Å². The monoisotopic (exact) mass is 573 g/mol. The van der Waals surface area contributed by atoms with Crippen LogP contribution >= 0.6 is 0 Å². The van der Waals surface area contributed by atoms with Crippen molar-refractivity contribution in [3.63, 3.8) is 0 Å². The van der Waals surface area contributed by atoms with E-state index in [4.69, 9.17) is 0 Å². The first-order valence-electron chi connectivity index (χ1n) is 15.2. The van der Waals surface area contributed by atoms with Gasteiger partial charge in [0.05, 0.1) is 0 Å². The van der Waals surface area contributed by atoms with Crippen LogP contribution in [0.25, 0.3) is 0 Å². The molecule has 3 aromatic rings. The van der Waals surface area contributed by atoms with E-state index in [-0.39, 0.29) is 28.7 Å². The third-order valence-corrected chi connectivity index (χ3v) is 8.47. The van der Waals surface area contributed by atoms with Gasteiger partial charge in [-0.15, -0.1) is 0 Å². The number of halogens is 1. The molecule has 0 radical (unpaired) electrons. The summed E-state index contributed by atoms with van der Waals surface area (Å²) < 4.78 is 13.2. The lowest BCUT2D eigenvalue weighted by Gasteiger charge is -2.36. The highest BCUT2D eigenvalue weighted by Gasteiger charge is 2.28. The van der Waals surface area contributed by atoms with Crippen LogP contribution in [0.3, 0.4) is 0 Å². The Morgan fingerprint density at radius 1 is 0.905 bits per heavy atom. The van der Waals surface area contributed by atoms with Crippen LogP contribution < -0.4 is 5.32 Å². The minimum absolute atomic E-state index is 0.0888. The molecule has 0 bridgehead atoms. The average molecular weight is 574 g/mol. The second-order valence-electron chi connectivity index (χ2n) is 13.9. The number of aromatic hydroxyl groups is 1. The van der Waals surface area contributed by atoms with Crippen molar-refractivity contribution in [2.75, 3.05) is 25.5 Å². The van der Waals surface area contributed by atoms with Gasteiger partial charge in [0.25, 0.3) is 0 Å². The molecule has 1 aliphatic rings. The predicted octanol–water partition coefficient (Wildman–Crippen LogP) is 8.04. The predicted molar refractivity (Wildman–Crippen MR) is 171 cm³/mol. The minimum Gasteiger partial charge on any atom is -0.507 e. The third-order valence-electron chi connectivity index (χ3n) is 8.47. The van der Waals surface area contributed by atoms with Crippen molar-refractivity contribution in [2.24, 2.45) is 0 Å². The van der Waals surface area contributed by atoms with Crippen LogP contribution in [0.15, 0.2) is 60.7 Å². The first-order chi connectivity index (χ1) is 19.7. The van der Waals surface area contributed by atoms with E-state index in [2.05, 4.69) is 70.0 Å². The Kier molecular flexibility index (Phi) is 9.67. The fourth-order valence-corrected chi connectivity index (χ4v) is 5.80. The van der Waals surface area contributed by atoms with Crippen LogP contribution in [0.1, 0.15) is 82.2 Å². The summed E-state index contributed by atoms with van der Waals surface area (Å²) in [5, 5.41) is 14.3. The van der Waals surface area contributed by atoms with Crippen LogP contribution in [0.4, 0.5) is 14.9 Å². The molecule has 0 atom stereocenters. The zero-order valence-corrected chi connectivity index (χ0v) is 26.4. The molecule has 226 valence electrons. The molecule has 2 N–H and O–H groups in total. The SMILES string of the molecule is CN(C(=O)Nc1ccccc1CCc1cc(C(C)(C)C)c(O)c(C(C)(C)C)c1)C1CCN(Cc2ccc(F)cc2)CC1. The molecule has 0 unspecified atom stereocenters. The van der Waals surface area contributed by atoms with Crippen molar-refractivity contribution in [3.05, 3.63) is 94.3 Å². The van der Waals surface area contributed by atoms with Crippen molar-refractivity contribution in [1.82, 2.24) is 9.80 Å². The van der Waals surface area contributed by atoms with Crippen molar-refractivity contribution in [2.45, 2.75) is 90.6 Å². The first-order valence-corrected chi connectivity index (χ1v) is 15.2. The number of hydrogen-bond acceptors (Lipinski definition) is 3. The van der Waals surface area contributed by atoms with E-state index in [9.17, 15) is 14.3 Å². The molecule has 6 heteroatoms. The summed E-state index contributed by atoms with van der Waals surface area (Å²) in [7, 11) is 1.89. The Morgan fingerprint density at radius 3 is 2.05 bits per heavy atom. The number of urea groups is 1. The van der Waals surface area contributed by atoms with Crippen LogP contribution in [-0.2, 0) is 30.2 Å². The number of aryl methyl sites for hydroxylation is 2. The molecule has 1 fully saturated rings. The zero-order chi connectivity index (χ0) is 30.7. The number of amides is 2. The van der Waals surface area contributed by atoms with Crippen molar-refractivity contribution in [3.8, 4) is 5.75 Å². The van der Waals surface area contributed by atoms with Gasteiger partial charge in [-0.2, -0.15) is 0 Å². The molecule has 42 heavy (non-hydrogen) atoms. The van der Waals surface area contributed by atoms with Gasteiger partial charge in [-0.25, -0.2) is 9.18 Å². The van der Waals surface area contributed by atoms with Crippen molar-refractivity contribution < 1.29 is 14.3 Å². The number of anilines is 1. The van der Waals surface area contributed by atoms with Crippen LogP contribution in [-0.4, -0.2) is 47.1 Å². The third kappa shape index (κ3) is 7.91. The molecule has 5 nitrogen and oxygen atoms in total. The number of piperidine rings is 1. The first kappa shape index (κ1) is 31.6. The lowest BCUT2D eigenvalue weighted by molar-refractivity contribution is 0.137. The van der Waals surface area contributed by atoms with Crippen LogP contribution in [0, 0.1) is 5.82 Å². The summed E-state index contributed by atoms with van der Waals surface area (Å²) in [4.78, 5) is 17.5. The van der Waals surface area contributed by atoms with Gasteiger partial charge in [-0.1, -0.05) is 84.0 Å². The van der Waals surface area contributed by atoms with Gasteiger partial charge in [0.15, 0.2) is 0 Å². The van der Waals surface area contributed by atoms with E-state index in [1.54, 1.807) is 0 Å². The van der Waals surface area contributed by atoms with Gasteiger partial charge in [0.2, 0.25) is 0 Å². The highest BCUT2D eigenvalue weighted by Crippen LogP contribution is 2.40. The van der Waals surface area contributed by atoms with E-state index < -0.39 is 0 Å². The maximum atomic E-state index is 13.3. The summed E-state index contributed by atoms with van der Waals surface area (Å²) in [6.45, 7) is 15.4. The highest BCUT2D eigenvalue weighted by atomic mass is 19.1. The van der Waals surface area contributed by atoms with Crippen molar-refractivity contribution in [1.29, 1.82) is 0 Å². The molecule has 0 saturated carbocycles. The Morgan fingerprint density at radius 2 is 1.48 bits per heavy atom. The normalized spacial score (nSPS) is 15.0. The summed E-state index contributed by atoms with van der Waals surface area (Å²) in [5.74, 6) is 0.187. The van der Waals surface area contributed by atoms with Gasteiger partial charge in [-0.05, 0) is 82.5 Å². The summed E-state index contributed by atoms with van der Waals surface area (Å²) >= 11 is 0. The number of rotatable bonds is 7. The lowest BCUT2D eigenvalue weighted by Crippen LogP contribution is -2.46. The second-order valence-corrected chi connectivity index (χ2v) is 13.9. The molecule has 2 amide bonds. The number of phenols is 1. The quantitative estimate of drug-likeness (QED) is 0.301. The fourth-order valence-electron chi connectivity index (χ4n) is 5.80. The van der Waals surface area contributed by atoms with E-state index in [1.165, 1.54) is 17.7 Å². The Labute approximate surface area is 251 Å². The average Bonchev–Trinajstić information content (AvgIpc) is 2.93. The largest absolute Gasteiger partial charge is 0.507 e. The number of benzene rings is 3. The molecular formula is C36H48FN3O2. The number of nitrogens with zero attached hydrogens (tertiary/aromatic N) is 2. The summed E-state index contributed by atoms with van der Waals surface area (Å²) in [6, 6.07) is 19.1. The number of carbonyl (C=O) groups is 1. The number of para-hydroxylation sites is 1. The Balaban J connectivity index is 1.39. The van der Waals surface area contributed by atoms with Gasteiger partial charge >= 0.3 is 6.03 Å². The standard InChI is InChI=1S/C36H48FN3O2/c1-35(2,3)30-22-26(23-31(33(30)41)36(4,5)6)12-15-27-10-8-9-11-32(27)38-34(42)39(7)29-18-20-40(21-19-29)24-25-13-16-28(37)17-14-25/h8-11,13-14,16-17,22-23,29,41H,12,15,18-21,24H2,1-7H3,(H,38,42). The van der Waals surface area contributed by atoms with Gasteiger partial charge in [0, 0.05) is 38.4 Å². The number of phenolic OH excluding ortho intramolecular Hbond substituents is 1. The molecular weight excluding hydrogens is 525 g/mol. The molecule has 1 heterocycles. The smallest absolute Gasteiger partial charge is 0.321 e. The number of hydrogen-bond donors (Lipinski definition) is 2. The molecule has 0 aromatic heterocycles.